The van der Waals surface area contributed by atoms with E-state index in [0.717, 1.165) is 19.4 Å². The van der Waals surface area contributed by atoms with Crippen LogP contribution in [-0.2, 0) is 14.8 Å². The van der Waals surface area contributed by atoms with Crippen LogP contribution < -0.4 is 10.0 Å². The number of hydrogen-bond acceptors (Lipinski definition) is 4. The normalized spacial score (nSPS) is 25.9. The predicted octanol–water partition coefficient (Wildman–Crippen LogP) is 0.861. The van der Waals surface area contributed by atoms with Crippen molar-refractivity contribution in [1.29, 1.82) is 0 Å². The molecule has 2 atom stereocenters. The van der Waals surface area contributed by atoms with Gasteiger partial charge in [-0.05, 0) is 40.2 Å². The molecule has 0 aromatic carbocycles. The van der Waals surface area contributed by atoms with E-state index in [-0.39, 0.29) is 11.6 Å². The lowest BCUT2D eigenvalue weighted by atomic mass is 9.95. The Bertz CT molecular complexity index is 354. The summed E-state index contributed by atoms with van der Waals surface area (Å²) in [6.07, 6.45) is 1.47. The second-order valence-electron chi connectivity index (χ2n) is 5.58. The van der Waals surface area contributed by atoms with Gasteiger partial charge in [0.2, 0.25) is 10.0 Å². The quantitative estimate of drug-likeness (QED) is 0.756. The van der Waals surface area contributed by atoms with Crippen molar-refractivity contribution in [2.75, 3.05) is 19.7 Å². The third kappa shape index (κ3) is 4.84. The van der Waals surface area contributed by atoms with E-state index in [2.05, 4.69) is 10.0 Å². The summed E-state index contributed by atoms with van der Waals surface area (Å²) < 4.78 is 32.6. The first-order valence-corrected chi connectivity index (χ1v) is 8.17. The van der Waals surface area contributed by atoms with E-state index in [9.17, 15) is 8.42 Å². The molecule has 1 aliphatic rings. The molecule has 1 aliphatic heterocycles. The molecule has 108 valence electrons. The molecule has 5 nitrogen and oxygen atoms in total. The molecule has 1 saturated heterocycles. The van der Waals surface area contributed by atoms with E-state index < -0.39 is 15.3 Å². The summed E-state index contributed by atoms with van der Waals surface area (Å²) in [4.78, 5) is 0. The van der Waals surface area contributed by atoms with Gasteiger partial charge in [0.1, 0.15) is 0 Å². The third-order valence-electron chi connectivity index (χ3n) is 3.24. The van der Waals surface area contributed by atoms with Crippen molar-refractivity contribution in [1.82, 2.24) is 10.0 Å². The van der Waals surface area contributed by atoms with Crippen molar-refractivity contribution in [3.05, 3.63) is 0 Å². The van der Waals surface area contributed by atoms with Crippen molar-refractivity contribution < 1.29 is 13.2 Å². The Labute approximate surface area is 111 Å². The molecule has 1 rings (SSSR count). The van der Waals surface area contributed by atoms with Crippen LogP contribution in [0.4, 0.5) is 0 Å². The summed E-state index contributed by atoms with van der Waals surface area (Å²) in [7, 11) is -3.25. The topological polar surface area (TPSA) is 67.4 Å². The van der Waals surface area contributed by atoms with E-state index in [4.69, 9.17) is 4.74 Å². The summed E-state index contributed by atoms with van der Waals surface area (Å²) in [5, 5.41) is 2.65. The molecule has 0 spiro atoms. The second-order valence-corrected chi connectivity index (χ2v) is 7.71. The molecule has 2 N–H and O–H groups in total. The molecule has 0 bridgehead atoms. The van der Waals surface area contributed by atoms with Crippen molar-refractivity contribution in [2.45, 2.75) is 57.4 Å². The molecule has 0 aromatic heterocycles. The van der Waals surface area contributed by atoms with Crippen molar-refractivity contribution in [3.8, 4) is 0 Å². The van der Waals surface area contributed by atoms with Crippen LogP contribution in [0.3, 0.4) is 0 Å². The van der Waals surface area contributed by atoms with Gasteiger partial charge in [0.25, 0.3) is 0 Å². The highest BCUT2D eigenvalue weighted by Crippen LogP contribution is 2.24. The Morgan fingerprint density at radius 1 is 1.44 bits per heavy atom. The van der Waals surface area contributed by atoms with Gasteiger partial charge in [0.05, 0.1) is 10.9 Å². The zero-order valence-electron chi connectivity index (χ0n) is 11.8. The van der Waals surface area contributed by atoms with Gasteiger partial charge in [-0.1, -0.05) is 6.92 Å². The molecule has 0 aliphatic carbocycles. The molecule has 0 amide bonds. The molecule has 0 aromatic rings. The molecular formula is C12H26N2O3S. The highest BCUT2D eigenvalue weighted by molar-refractivity contribution is 7.90. The van der Waals surface area contributed by atoms with Gasteiger partial charge in [0, 0.05) is 19.2 Å². The first kappa shape index (κ1) is 15.9. The molecule has 1 heterocycles. The summed E-state index contributed by atoms with van der Waals surface area (Å²) in [6.45, 7) is 9.57. The monoisotopic (exact) mass is 278 g/mol. The Kier molecular flexibility index (Phi) is 5.58. The maximum absolute atomic E-state index is 12.1. The first-order valence-electron chi connectivity index (χ1n) is 6.62. The molecular weight excluding hydrogens is 252 g/mol. The standard InChI is InChI=1S/C12H26N2O3S/c1-5-13-9-10(2)18(15,16)14-11-6-7-17-12(3,4)8-11/h10-11,13-14H,5-9H2,1-4H3. The Morgan fingerprint density at radius 2 is 2.11 bits per heavy atom. The minimum atomic E-state index is -3.25. The van der Waals surface area contributed by atoms with Gasteiger partial charge in [-0.25, -0.2) is 13.1 Å². The van der Waals surface area contributed by atoms with Crippen LogP contribution in [0.15, 0.2) is 0 Å². The Morgan fingerprint density at radius 3 is 2.67 bits per heavy atom. The van der Waals surface area contributed by atoms with Gasteiger partial charge < -0.3 is 10.1 Å². The van der Waals surface area contributed by atoms with E-state index in [1.165, 1.54) is 0 Å². The van der Waals surface area contributed by atoms with Gasteiger partial charge >= 0.3 is 0 Å². The third-order valence-corrected chi connectivity index (χ3v) is 5.13. The minimum Gasteiger partial charge on any atom is -0.375 e. The highest BCUT2D eigenvalue weighted by atomic mass is 32.2. The highest BCUT2D eigenvalue weighted by Gasteiger charge is 2.32. The van der Waals surface area contributed by atoms with Gasteiger partial charge in [0.15, 0.2) is 0 Å². The SMILES string of the molecule is CCNCC(C)S(=O)(=O)NC1CCOC(C)(C)C1. The number of hydrogen-bond donors (Lipinski definition) is 2. The zero-order chi connectivity index (χ0) is 13.8. The molecule has 0 radical (unpaired) electrons. The van der Waals surface area contributed by atoms with Crippen molar-refractivity contribution in [2.24, 2.45) is 0 Å². The Hall–Kier alpha value is -0.170. The lowest BCUT2D eigenvalue weighted by Gasteiger charge is -2.36. The van der Waals surface area contributed by atoms with Crippen LogP contribution in [0.2, 0.25) is 0 Å². The average Bonchev–Trinajstić information content (AvgIpc) is 2.23. The van der Waals surface area contributed by atoms with E-state index in [1.54, 1.807) is 6.92 Å². The summed E-state index contributed by atoms with van der Waals surface area (Å²) >= 11 is 0. The molecule has 1 fully saturated rings. The van der Waals surface area contributed by atoms with Crippen molar-refractivity contribution in [3.63, 3.8) is 0 Å². The fourth-order valence-corrected chi connectivity index (χ4v) is 3.37. The molecule has 2 unspecified atom stereocenters. The van der Waals surface area contributed by atoms with Gasteiger partial charge in [-0.3, -0.25) is 0 Å². The lowest BCUT2D eigenvalue weighted by Crippen LogP contribution is -2.49. The maximum Gasteiger partial charge on any atom is 0.215 e. The molecule has 6 heteroatoms. The molecule has 18 heavy (non-hydrogen) atoms. The number of rotatable bonds is 6. The first-order chi connectivity index (χ1) is 8.27. The van der Waals surface area contributed by atoms with Crippen LogP contribution in [-0.4, -0.2) is 45.0 Å². The van der Waals surface area contributed by atoms with Crippen LogP contribution >= 0.6 is 0 Å². The van der Waals surface area contributed by atoms with E-state index in [1.807, 2.05) is 20.8 Å². The second kappa shape index (κ2) is 6.32. The summed E-state index contributed by atoms with van der Waals surface area (Å²) in [6, 6.07) is -0.0113. The number of ether oxygens (including phenoxy) is 1. The van der Waals surface area contributed by atoms with Gasteiger partial charge in [-0.15, -0.1) is 0 Å². The number of sulfonamides is 1. The largest absolute Gasteiger partial charge is 0.375 e. The van der Waals surface area contributed by atoms with Crippen LogP contribution in [0, 0.1) is 0 Å². The smallest absolute Gasteiger partial charge is 0.215 e. The summed E-state index contributed by atoms with van der Waals surface area (Å²) in [5.74, 6) is 0. The Balaban J connectivity index is 2.54. The average molecular weight is 278 g/mol. The van der Waals surface area contributed by atoms with E-state index >= 15 is 0 Å². The number of nitrogens with one attached hydrogen (secondary N) is 2. The minimum absolute atomic E-state index is 0.0113. The van der Waals surface area contributed by atoms with Crippen LogP contribution in [0.1, 0.15) is 40.5 Å². The predicted molar refractivity (Wildman–Crippen MR) is 73.1 cm³/mol. The van der Waals surface area contributed by atoms with E-state index in [0.29, 0.717) is 13.2 Å². The van der Waals surface area contributed by atoms with Crippen molar-refractivity contribution >= 4 is 10.0 Å². The molecule has 0 saturated carbocycles. The fraction of sp³-hybridized carbons (Fsp3) is 1.00. The summed E-state index contributed by atoms with van der Waals surface area (Å²) in [5.41, 5.74) is -0.240. The van der Waals surface area contributed by atoms with Gasteiger partial charge in [-0.2, -0.15) is 0 Å². The fourth-order valence-electron chi connectivity index (χ4n) is 2.14. The van der Waals surface area contributed by atoms with Crippen LogP contribution in [0.25, 0.3) is 0 Å². The lowest BCUT2D eigenvalue weighted by molar-refractivity contribution is -0.0599. The maximum atomic E-state index is 12.1. The van der Waals surface area contributed by atoms with Crippen LogP contribution in [0.5, 0.6) is 0 Å². The zero-order valence-corrected chi connectivity index (χ0v) is 12.6.